The van der Waals surface area contributed by atoms with E-state index in [-0.39, 0.29) is 0 Å². The van der Waals surface area contributed by atoms with Crippen LogP contribution in [0.5, 0.6) is 0 Å². The minimum Gasteiger partial charge on any atom is -0.0885 e. The van der Waals surface area contributed by atoms with Crippen LogP contribution in [0.25, 0.3) is 0 Å². The van der Waals surface area contributed by atoms with Gasteiger partial charge in [-0.1, -0.05) is 128 Å². The van der Waals surface area contributed by atoms with Crippen molar-refractivity contribution in [2.45, 2.75) is 182 Å². The molecule has 0 spiro atoms. The van der Waals surface area contributed by atoms with Gasteiger partial charge in [0.25, 0.3) is 0 Å². The standard InChI is InChI=1S/C38H70/c1-5-7-9-11-13-15-17-19-21-23-25-27-29-31-33-35-38(37(3)4)36-34-32-30-28-26-24-22-20-18-16-14-12-10-8-6-2/h17-20,29-32,37-38H,5-16,21-28,33-36H2,1-4H3/b19-17+,20-18+,31-29+,32-30+. The topological polar surface area (TPSA) is 0 Å². The summed E-state index contributed by atoms with van der Waals surface area (Å²) in [6.07, 6.45) is 51.6. The van der Waals surface area contributed by atoms with Crippen LogP contribution in [0.2, 0.25) is 0 Å². The number of hydrogen-bond acceptors (Lipinski definition) is 0. The minimum atomic E-state index is 0.800. The maximum atomic E-state index is 2.46. The normalized spacial score (nSPS) is 12.7. The van der Waals surface area contributed by atoms with Crippen LogP contribution in [0.1, 0.15) is 182 Å². The highest BCUT2D eigenvalue weighted by Gasteiger charge is 2.11. The summed E-state index contributed by atoms with van der Waals surface area (Å²) in [5.41, 5.74) is 0. The molecule has 0 amide bonds. The lowest BCUT2D eigenvalue weighted by molar-refractivity contribution is 0.341. The summed E-state index contributed by atoms with van der Waals surface area (Å²) in [6, 6.07) is 0. The van der Waals surface area contributed by atoms with E-state index in [4.69, 9.17) is 0 Å². The van der Waals surface area contributed by atoms with E-state index in [1.54, 1.807) is 0 Å². The first-order chi connectivity index (χ1) is 18.7. The zero-order chi connectivity index (χ0) is 27.8. The highest BCUT2D eigenvalue weighted by molar-refractivity contribution is 4.87. The Morgan fingerprint density at radius 3 is 0.895 bits per heavy atom. The number of allylic oxidation sites excluding steroid dienone is 8. The summed E-state index contributed by atoms with van der Waals surface area (Å²) >= 11 is 0. The quantitative estimate of drug-likeness (QED) is 0.0671. The van der Waals surface area contributed by atoms with Gasteiger partial charge in [-0.25, -0.2) is 0 Å². The van der Waals surface area contributed by atoms with Crippen LogP contribution >= 0.6 is 0 Å². The molecule has 0 rings (SSSR count). The first-order valence-electron chi connectivity index (χ1n) is 17.3. The molecule has 0 aliphatic heterocycles. The van der Waals surface area contributed by atoms with E-state index in [1.807, 2.05) is 0 Å². The van der Waals surface area contributed by atoms with E-state index in [2.05, 4.69) is 76.3 Å². The predicted octanol–water partition coefficient (Wildman–Crippen LogP) is 13.9. The summed E-state index contributed by atoms with van der Waals surface area (Å²) in [4.78, 5) is 0. The molecule has 0 unspecified atom stereocenters. The van der Waals surface area contributed by atoms with Gasteiger partial charge in [-0.3, -0.25) is 0 Å². The van der Waals surface area contributed by atoms with Crippen LogP contribution < -0.4 is 0 Å². The minimum absolute atomic E-state index is 0.800. The van der Waals surface area contributed by atoms with E-state index < -0.39 is 0 Å². The Morgan fingerprint density at radius 2 is 0.605 bits per heavy atom. The lowest BCUT2D eigenvalue weighted by atomic mass is 9.87. The molecular weight excluding hydrogens is 456 g/mol. The molecular formula is C38H70. The summed E-state index contributed by atoms with van der Waals surface area (Å²) in [5, 5.41) is 0. The van der Waals surface area contributed by atoms with Gasteiger partial charge in [0.15, 0.2) is 0 Å². The monoisotopic (exact) mass is 527 g/mol. The predicted molar refractivity (Wildman–Crippen MR) is 177 cm³/mol. The molecule has 38 heavy (non-hydrogen) atoms. The average molecular weight is 527 g/mol. The lowest BCUT2D eigenvalue weighted by Gasteiger charge is -2.19. The van der Waals surface area contributed by atoms with Gasteiger partial charge in [0.05, 0.1) is 0 Å². The first-order valence-corrected chi connectivity index (χ1v) is 17.3. The van der Waals surface area contributed by atoms with Crippen molar-refractivity contribution in [3.05, 3.63) is 48.6 Å². The van der Waals surface area contributed by atoms with Crippen molar-refractivity contribution in [2.75, 3.05) is 0 Å². The molecule has 0 heteroatoms. The zero-order valence-corrected chi connectivity index (χ0v) is 26.7. The van der Waals surface area contributed by atoms with Gasteiger partial charge >= 0.3 is 0 Å². The fraction of sp³-hybridized carbons (Fsp3) is 0.789. The van der Waals surface area contributed by atoms with E-state index in [9.17, 15) is 0 Å². The van der Waals surface area contributed by atoms with E-state index in [0.29, 0.717) is 0 Å². The van der Waals surface area contributed by atoms with Gasteiger partial charge in [0.1, 0.15) is 0 Å². The lowest BCUT2D eigenvalue weighted by Crippen LogP contribution is -2.08. The molecule has 0 N–H and O–H groups in total. The Balaban J connectivity index is 3.63. The Kier molecular flexibility index (Phi) is 31.3. The van der Waals surface area contributed by atoms with Crippen molar-refractivity contribution in [1.29, 1.82) is 0 Å². The largest absolute Gasteiger partial charge is 0.0885 e. The Morgan fingerprint density at radius 1 is 0.342 bits per heavy atom. The fourth-order valence-corrected chi connectivity index (χ4v) is 5.15. The second-order valence-electron chi connectivity index (χ2n) is 12.0. The van der Waals surface area contributed by atoms with E-state index in [0.717, 1.165) is 11.8 Å². The maximum absolute atomic E-state index is 2.46. The zero-order valence-electron chi connectivity index (χ0n) is 26.7. The third-order valence-corrected chi connectivity index (χ3v) is 7.95. The second-order valence-corrected chi connectivity index (χ2v) is 12.0. The molecule has 0 bridgehead atoms. The molecule has 0 aliphatic carbocycles. The van der Waals surface area contributed by atoms with Crippen molar-refractivity contribution in [2.24, 2.45) is 11.8 Å². The molecule has 0 aromatic carbocycles. The molecule has 0 atom stereocenters. The van der Waals surface area contributed by atoms with Gasteiger partial charge in [0.2, 0.25) is 0 Å². The molecule has 0 aliphatic rings. The summed E-state index contributed by atoms with van der Waals surface area (Å²) in [6.45, 7) is 9.40. The second kappa shape index (κ2) is 32.2. The maximum Gasteiger partial charge on any atom is -0.0348 e. The molecule has 0 saturated carbocycles. The molecule has 0 aromatic rings. The van der Waals surface area contributed by atoms with Gasteiger partial charge in [0, 0.05) is 0 Å². The highest BCUT2D eigenvalue weighted by Crippen LogP contribution is 2.23. The molecule has 0 fully saturated rings. The molecule has 0 nitrogen and oxygen atoms in total. The van der Waals surface area contributed by atoms with Crippen molar-refractivity contribution >= 4 is 0 Å². The SMILES string of the molecule is CCCCCCC/C=C/CCCC/C=C/CCC(CC/C=C/CCCC/C=C/CCCCCCC)C(C)C. The van der Waals surface area contributed by atoms with Crippen molar-refractivity contribution < 1.29 is 0 Å². The van der Waals surface area contributed by atoms with Crippen LogP contribution in [-0.2, 0) is 0 Å². The Bertz CT molecular complexity index is 500. The molecule has 0 saturated heterocycles. The average Bonchev–Trinajstić information content (AvgIpc) is 2.91. The molecule has 0 aromatic heterocycles. The number of unbranched alkanes of at least 4 members (excludes halogenated alkanes) is 16. The van der Waals surface area contributed by atoms with Crippen LogP contribution in [0, 0.1) is 11.8 Å². The van der Waals surface area contributed by atoms with Crippen LogP contribution in [-0.4, -0.2) is 0 Å². The van der Waals surface area contributed by atoms with Crippen LogP contribution in [0.3, 0.4) is 0 Å². The van der Waals surface area contributed by atoms with Crippen molar-refractivity contribution in [3.63, 3.8) is 0 Å². The van der Waals surface area contributed by atoms with E-state index >= 15 is 0 Å². The van der Waals surface area contributed by atoms with Crippen LogP contribution in [0.15, 0.2) is 48.6 Å². The van der Waals surface area contributed by atoms with Gasteiger partial charge < -0.3 is 0 Å². The highest BCUT2D eigenvalue weighted by atomic mass is 14.2. The fourth-order valence-electron chi connectivity index (χ4n) is 5.15. The number of hydrogen-bond donors (Lipinski definition) is 0. The Labute approximate surface area is 241 Å². The summed E-state index contributed by atoms with van der Waals surface area (Å²) in [5.74, 6) is 1.66. The van der Waals surface area contributed by atoms with Gasteiger partial charge in [-0.15, -0.1) is 0 Å². The number of rotatable bonds is 29. The van der Waals surface area contributed by atoms with Gasteiger partial charge in [-0.2, -0.15) is 0 Å². The van der Waals surface area contributed by atoms with Crippen molar-refractivity contribution in [3.8, 4) is 0 Å². The molecule has 222 valence electrons. The third kappa shape index (κ3) is 29.5. The van der Waals surface area contributed by atoms with Crippen LogP contribution in [0.4, 0.5) is 0 Å². The van der Waals surface area contributed by atoms with Crippen molar-refractivity contribution in [1.82, 2.24) is 0 Å². The summed E-state index contributed by atoms with van der Waals surface area (Å²) in [7, 11) is 0. The van der Waals surface area contributed by atoms with Gasteiger partial charge in [-0.05, 0) is 115 Å². The smallest absolute Gasteiger partial charge is 0.0348 e. The first kappa shape index (κ1) is 37.0. The molecule has 0 radical (unpaired) electrons. The third-order valence-electron chi connectivity index (χ3n) is 7.95. The van der Waals surface area contributed by atoms with E-state index in [1.165, 1.54) is 154 Å². The molecule has 0 heterocycles. The Hall–Kier alpha value is -1.04. The summed E-state index contributed by atoms with van der Waals surface area (Å²) < 4.78 is 0.